The summed E-state index contributed by atoms with van der Waals surface area (Å²) >= 11 is 21.7. The number of para-hydroxylation sites is 1. The quantitative estimate of drug-likeness (QED) is 0.0509. The van der Waals surface area contributed by atoms with Gasteiger partial charge in [-0.3, -0.25) is 18.7 Å². The first-order valence-electron chi connectivity index (χ1n) is 22.9. The Kier molecular flexibility index (Phi) is 20.3. The molecule has 6 aromatic carbocycles. The van der Waals surface area contributed by atoms with Gasteiger partial charge >= 0.3 is 0 Å². The van der Waals surface area contributed by atoms with Gasteiger partial charge in [-0.25, -0.2) is 4.39 Å². The van der Waals surface area contributed by atoms with Gasteiger partial charge in [0.1, 0.15) is 17.5 Å². The first-order valence-corrected chi connectivity index (χ1v) is 26.0. The number of aromatic nitrogens is 6. The number of carbonyl (C=O) groups excluding carboxylic acids is 2. The number of aryl methyl sites for hydroxylation is 2. The number of unbranched alkanes of at least 4 members (excludes halogenated alkanes) is 2. The van der Waals surface area contributed by atoms with E-state index in [4.69, 9.17) is 34.8 Å². The smallest absolute Gasteiger partial charge is 0.220 e. The van der Waals surface area contributed by atoms with E-state index in [0.717, 1.165) is 97.8 Å². The van der Waals surface area contributed by atoms with E-state index in [1.165, 1.54) is 12.1 Å². The maximum absolute atomic E-state index is 13.0. The average molecular weight is 1030 g/mol. The molecule has 2 amide bonds. The highest BCUT2D eigenvalue weighted by molar-refractivity contribution is 7.98. The minimum absolute atomic E-state index is 0.0170. The highest BCUT2D eigenvalue weighted by atomic mass is 35.5. The fourth-order valence-electron chi connectivity index (χ4n) is 7.29. The molecule has 2 N–H and O–H groups in total. The van der Waals surface area contributed by atoms with E-state index in [9.17, 15) is 14.0 Å². The van der Waals surface area contributed by atoms with E-state index < -0.39 is 0 Å². The lowest BCUT2D eigenvalue weighted by Gasteiger charge is -2.11. The summed E-state index contributed by atoms with van der Waals surface area (Å²) in [6.07, 6.45) is 5.49. The fraction of sp³-hybridized carbons (Fsp3) is 0.222. The Labute approximate surface area is 431 Å². The van der Waals surface area contributed by atoms with Crippen LogP contribution >= 0.6 is 58.3 Å². The van der Waals surface area contributed by atoms with Crippen molar-refractivity contribution in [1.29, 1.82) is 0 Å². The van der Waals surface area contributed by atoms with Crippen molar-refractivity contribution in [3.05, 3.63) is 213 Å². The van der Waals surface area contributed by atoms with Gasteiger partial charge in [0.05, 0.1) is 5.69 Å². The van der Waals surface area contributed by atoms with Crippen LogP contribution in [-0.4, -0.2) is 41.3 Å². The summed E-state index contributed by atoms with van der Waals surface area (Å²) in [7, 11) is 0. The first kappa shape index (κ1) is 51.9. The predicted molar refractivity (Wildman–Crippen MR) is 281 cm³/mol. The van der Waals surface area contributed by atoms with Crippen molar-refractivity contribution in [3.8, 4) is 11.4 Å². The molecule has 0 saturated heterocycles. The van der Waals surface area contributed by atoms with Crippen LogP contribution < -0.4 is 10.6 Å². The molecule has 0 saturated carbocycles. The molecular weight excluding hydrogens is 982 g/mol. The molecule has 0 atom stereocenters. The van der Waals surface area contributed by atoms with Gasteiger partial charge in [0.2, 0.25) is 11.8 Å². The summed E-state index contributed by atoms with van der Waals surface area (Å²) < 4.78 is 17.1. The van der Waals surface area contributed by atoms with Crippen LogP contribution in [0.3, 0.4) is 0 Å². The topological polar surface area (TPSA) is 120 Å². The second-order valence-corrected chi connectivity index (χ2v) is 19.4. The van der Waals surface area contributed by atoms with Gasteiger partial charge in [-0.15, -0.1) is 20.4 Å². The van der Waals surface area contributed by atoms with E-state index in [1.54, 1.807) is 35.7 Å². The Balaban J connectivity index is 0.000000206. The SMILES string of the molecule is O=C(CCCCc1nnc(SCc2cccc(Cl)c2)n1-c1cccc(Cl)c1)NCc1ccccc1.O=C(CCCCc1nnc(SCc2cccc(Cl)c2)n1-c1ccccc1)NCc1ccc(F)cc1. The summed E-state index contributed by atoms with van der Waals surface area (Å²) in [4.78, 5) is 24.4. The summed E-state index contributed by atoms with van der Waals surface area (Å²) in [6, 6.07) is 49.4. The number of thioether (sulfide) groups is 2. The Hall–Kier alpha value is -5.96. The Bertz CT molecular complexity index is 2910. The molecule has 8 rings (SSSR count). The molecule has 0 radical (unpaired) electrons. The maximum Gasteiger partial charge on any atom is 0.220 e. The average Bonchev–Trinajstić information content (AvgIpc) is 3.99. The normalized spacial score (nSPS) is 10.9. The molecule has 0 aliphatic rings. The molecule has 0 spiro atoms. The maximum atomic E-state index is 13.0. The summed E-state index contributed by atoms with van der Waals surface area (Å²) in [5.41, 5.74) is 6.14. The van der Waals surface area contributed by atoms with Crippen LogP contribution in [0.15, 0.2) is 168 Å². The first-order chi connectivity index (χ1) is 34.2. The lowest BCUT2D eigenvalue weighted by Crippen LogP contribution is -2.22. The van der Waals surface area contributed by atoms with Gasteiger partial charge in [0.25, 0.3) is 0 Å². The molecule has 0 fully saturated rings. The van der Waals surface area contributed by atoms with E-state index in [0.29, 0.717) is 48.8 Å². The van der Waals surface area contributed by atoms with E-state index in [-0.39, 0.29) is 17.6 Å². The van der Waals surface area contributed by atoms with Crippen LogP contribution in [0.5, 0.6) is 0 Å². The summed E-state index contributed by atoms with van der Waals surface area (Å²) in [6.45, 7) is 0.949. The molecule has 10 nitrogen and oxygen atoms in total. The molecule has 0 unspecified atom stereocenters. The van der Waals surface area contributed by atoms with Crippen molar-refractivity contribution in [1.82, 2.24) is 40.2 Å². The minimum atomic E-state index is -0.283. The monoisotopic (exact) mass is 1030 g/mol. The summed E-state index contributed by atoms with van der Waals surface area (Å²) in [5, 5.41) is 27.4. The molecule has 0 bridgehead atoms. The van der Waals surface area contributed by atoms with Crippen LogP contribution in [0.2, 0.25) is 15.1 Å². The van der Waals surface area contributed by atoms with Crippen molar-refractivity contribution in [2.24, 2.45) is 0 Å². The predicted octanol–water partition coefficient (Wildman–Crippen LogP) is 13.3. The van der Waals surface area contributed by atoms with Crippen LogP contribution in [0.4, 0.5) is 4.39 Å². The van der Waals surface area contributed by atoms with Crippen LogP contribution in [0.25, 0.3) is 11.4 Å². The minimum Gasteiger partial charge on any atom is -0.352 e. The van der Waals surface area contributed by atoms with E-state index in [2.05, 4.69) is 40.2 Å². The molecule has 0 aliphatic carbocycles. The third-order valence-corrected chi connectivity index (χ3v) is 13.5. The zero-order chi connectivity index (χ0) is 48.9. The highest BCUT2D eigenvalue weighted by Gasteiger charge is 2.17. The third-order valence-electron chi connectivity index (χ3n) is 10.8. The Morgan fingerprint density at radius 2 is 0.900 bits per heavy atom. The molecule has 16 heteroatoms. The van der Waals surface area contributed by atoms with Gasteiger partial charge in [0.15, 0.2) is 10.3 Å². The standard InChI is InChI=1S/C27H26Cl2N4OS.C27H26ClFN4OS/c28-22-11-6-10-21(16-22)19-35-27-32-31-25(33(27)24-13-7-12-23(29)17-24)14-4-5-15-26(34)30-18-20-8-2-1-3-9-20;28-22-8-6-7-21(17-22)19-35-27-32-31-25(33(27)24-9-2-1-3-10-24)11-4-5-12-26(34)30-18-20-13-15-23(29)16-14-20/h1-3,6-13,16-17H,4-5,14-15,18-19H2,(H,30,34);1-3,6-10,13-17H,4-5,11-12,18-19H2,(H,30,34). The second-order valence-electron chi connectivity index (χ2n) is 16.2. The molecule has 70 heavy (non-hydrogen) atoms. The lowest BCUT2D eigenvalue weighted by molar-refractivity contribution is -0.122. The van der Waals surface area contributed by atoms with Crippen molar-refractivity contribution in [3.63, 3.8) is 0 Å². The number of nitrogens with one attached hydrogen (secondary N) is 2. The fourth-order valence-corrected chi connectivity index (χ4v) is 9.72. The van der Waals surface area contributed by atoms with Crippen molar-refractivity contribution >= 4 is 70.1 Å². The molecular formula is C54H52Cl3FN8O2S2. The third kappa shape index (κ3) is 16.6. The number of nitrogens with zero attached hydrogens (tertiary/aromatic N) is 6. The van der Waals surface area contributed by atoms with Gasteiger partial charge < -0.3 is 10.6 Å². The zero-order valence-corrected chi connectivity index (χ0v) is 42.2. The number of carbonyl (C=O) groups is 2. The number of halogens is 4. The van der Waals surface area contributed by atoms with Gasteiger partial charge in [-0.2, -0.15) is 0 Å². The lowest BCUT2D eigenvalue weighted by atomic mass is 10.1. The molecule has 2 aromatic heterocycles. The number of hydrogen-bond acceptors (Lipinski definition) is 8. The molecule has 0 aliphatic heterocycles. The van der Waals surface area contributed by atoms with Crippen LogP contribution in [0, 0.1) is 5.82 Å². The summed E-state index contributed by atoms with van der Waals surface area (Å²) in [5.74, 6) is 2.94. The number of rotatable bonds is 22. The number of amides is 2. The van der Waals surface area contributed by atoms with Gasteiger partial charge in [-0.05, 0) is 115 Å². The highest BCUT2D eigenvalue weighted by Crippen LogP contribution is 2.29. The molecule has 2 heterocycles. The van der Waals surface area contributed by atoms with E-state index >= 15 is 0 Å². The number of hydrogen-bond donors (Lipinski definition) is 2. The van der Waals surface area contributed by atoms with Crippen molar-refractivity contribution in [2.75, 3.05) is 0 Å². The van der Waals surface area contributed by atoms with Crippen molar-refractivity contribution in [2.45, 2.75) is 86.3 Å². The molecule has 360 valence electrons. The Morgan fingerprint density at radius 1 is 0.471 bits per heavy atom. The second kappa shape index (κ2) is 27.4. The Morgan fingerprint density at radius 3 is 1.40 bits per heavy atom. The van der Waals surface area contributed by atoms with Gasteiger partial charge in [0, 0.05) is 71.0 Å². The van der Waals surface area contributed by atoms with Crippen LogP contribution in [-0.2, 0) is 47.0 Å². The van der Waals surface area contributed by atoms with Crippen molar-refractivity contribution < 1.29 is 14.0 Å². The zero-order valence-electron chi connectivity index (χ0n) is 38.3. The van der Waals surface area contributed by atoms with Gasteiger partial charge in [-0.1, -0.05) is 149 Å². The van der Waals surface area contributed by atoms with E-state index in [1.807, 2.05) is 133 Å². The molecule has 8 aromatic rings. The largest absolute Gasteiger partial charge is 0.352 e. The number of benzene rings is 6. The van der Waals surface area contributed by atoms with Crippen LogP contribution in [0.1, 0.15) is 72.4 Å².